The molecule has 0 N–H and O–H groups in total. The van der Waals surface area contributed by atoms with Crippen molar-refractivity contribution in [2.45, 2.75) is 39.8 Å². The van der Waals surface area contributed by atoms with Gasteiger partial charge in [-0.15, -0.1) is 0 Å². The number of hydrogen-bond acceptors (Lipinski definition) is 3. The van der Waals surface area contributed by atoms with Crippen LogP contribution in [0.15, 0.2) is 42.9 Å². The van der Waals surface area contributed by atoms with E-state index in [0.29, 0.717) is 5.82 Å². The van der Waals surface area contributed by atoms with E-state index in [2.05, 4.69) is 57.5 Å². The van der Waals surface area contributed by atoms with Gasteiger partial charge < -0.3 is 14.1 Å². The number of benzene rings is 2. The van der Waals surface area contributed by atoms with E-state index in [1.807, 2.05) is 17.0 Å². The third kappa shape index (κ3) is 2.70. The summed E-state index contributed by atoms with van der Waals surface area (Å²) in [5.41, 5.74) is 7.26. The first-order chi connectivity index (χ1) is 15.1. The van der Waals surface area contributed by atoms with Gasteiger partial charge in [0.25, 0.3) is 0 Å². The number of fused-ring (bicyclic) bond motifs is 6. The van der Waals surface area contributed by atoms with Crippen LogP contribution in [-0.4, -0.2) is 19.1 Å². The highest BCUT2D eigenvalue weighted by Crippen LogP contribution is 2.39. The molecular weight excluding hydrogens is 386 g/mol. The summed E-state index contributed by atoms with van der Waals surface area (Å²) in [4.78, 5) is 12.7. The van der Waals surface area contributed by atoms with Gasteiger partial charge in [0, 0.05) is 36.5 Å². The molecule has 152 valence electrons. The molecule has 0 saturated carbocycles. The maximum absolute atomic E-state index is 7.39. The Bertz CT molecular complexity index is 1400. The van der Waals surface area contributed by atoms with E-state index in [0.717, 1.165) is 60.2 Å². The fourth-order valence-electron chi connectivity index (χ4n) is 4.97. The molecule has 0 saturated heterocycles. The highest BCUT2D eigenvalue weighted by molar-refractivity contribution is 5.70. The summed E-state index contributed by atoms with van der Waals surface area (Å²) in [5.74, 6) is 4.05. The van der Waals surface area contributed by atoms with Crippen LogP contribution < -0.4 is 4.74 Å². The van der Waals surface area contributed by atoms with Gasteiger partial charge in [-0.05, 0) is 66.8 Å². The highest BCUT2D eigenvalue weighted by atomic mass is 16.5. The first-order valence-corrected chi connectivity index (χ1v) is 10.5. The van der Waals surface area contributed by atoms with Gasteiger partial charge in [-0.2, -0.15) is 0 Å². The number of hydrogen-bond donors (Lipinski definition) is 0. The summed E-state index contributed by atoms with van der Waals surface area (Å²) < 4.78 is 10.6. The Kier molecular flexibility index (Phi) is 3.81. The first kappa shape index (κ1) is 18.0. The van der Waals surface area contributed by atoms with Gasteiger partial charge in [-0.3, -0.25) is 4.57 Å². The van der Waals surface area contributed by atoms with Crippen molar-refractivity contribution in [3.8, 4) is 34.3 Å². The number of aryl methyl sites for hydroxylation is 3. The lowest BCUT2D eigenvalue weighted by atomic mass is 9.95. The second-order valence-corrected chi connectivity index (χ2v) is 8.28. The van der Waals surface area contributed by atoms with Crippen molar-refractivity contribution in [1.82, 2.24) is 19.1 Å². The lowest BCUT2D eigenvalue weighted by Crippen LogP contribution is -2.12. The van der Waals surface area contributed by atoms with Crippen LogP contribution in [0, 0.1) is 20.4 Å². The molecule has 0 amide bonds. The topological polar surface area (TPSA) is 49.2 Å². The van der Waals surface area contributed by atoms with Crippen molar-refractivity contribution >= 4 is 5.82 Å². The van der Waals surface area contributed by atoms with Crippen LogP contribution in [0.3, 0.4) is 0 Å². The number of imidazole rings is 2. The normalized spacial score (nSPS) is 13.6. The van der Waals surface area contributed by atoms with E-state index >= 15 is 0 Å². The van der Waals surface area contributed by atoms with Crippen molar-refractivity contribution in [3.63, 3.8) is 0 Å². The maximum Gasteiger partial charge on any atom is 0.250 e. The van der Waals surface area contributed by atoms with E-state index in [1.165, 1.54) is 22.3 Å². The predicted octanol–water partition coefficient (Wildman–Crippen LogP) is 5.49. The van der Waals surface area contributed by atoms with Crippen LogP contribution in [0.5, 0.6) is 11.5 Å². The Hall–Kier alpha value is -3.85. The fourth-order valence-corrected chi connectivity index (χ4v) is 4.97. The molecule has 0 bridgehead atoms. The lowest BCUT2D eigenvalue weighted by molar-refractivity contribution is 0.481. The van der Waals surface area contributed by atoms with Crippen LogP contribution in [0.4, 0.5) is 5.82 Å². The minimum absolute atomic E-state index is 0.588. The monoisotopic (exact) mass is 407 g/mol. The van der Waals surface area contributed by atoms with Crippen molar-refractivity contribution in [2.24, 2.45) is 0 Å². The molecular formula is C25H21N5O. The SMILES string of the molecule is [C-]#[N+]c1cnc2n1CCc1c(C)cc(Oc3cc(C)c4c(c3)-c3nccn3CC4)cc1-2. The standard InChI is InChI=1S/C25H21N5O/c1-15-10-17(12-21-19(15)4-7-29-9-6-27-24(21)29)31-18-11-16(2)20-5-8-30-23(26-3)14-28-25(30)22(20)13-18/h6,9-14H,4-5,7-8H2,1-2H3. The van der Waals surface area contributed by atoms with Gasteiger partial charge >= 0.3 is 0 Å². The van der Waals surface area contributed by atoms with E-state index in [-0.39, 0.29) is 0 Å². The quantitative estimate of drug-likeness (QED) is 0.413. The predicted molar refractivity (Wildman–Crippen MR) is 119 cm³/mol. The molecule has 4 aromatic rings. The minimum atomic E-state index is 0.588. The Labute approximate surface area is 180 Å². The number of rotatable bonds is 2. The Balaban J connectivity index is 1.42. The van der Waals surface area contributed by atoms with Crippen LogP contribution >= 0.6 is 0 Å². The molecule has 0 fully saturated rings. The first-order valence-electron chi connectivity index (χ1n) is 10.5. The minimum Gasteiger partial charge on any atom is -0.457 e. The van der Waals surface area contributed by atoms with Gasteiger partial charge in [0.1, 0.15) is 17.3 Å². The average molecular weight is 407 g/mol. The van der Waals surface area contributed by atoms with Crippen LogP contribution in [0.1, 0.15) is 22.3 Å². The molecule has 4 heterocycles. The molecule has 2 aromatic heterocycles. The van der Waals surface area contributed by atoms with Crippen molar-refractivity contribution in [2.75, 3.05) is 0 Å². The summed E-state index contributed by atoms with van der Waals surface area (Å²) in [5, 5.41) is 0. The van der Waals surface area contributed by atoms with E-state index in [9.17, 15) is 0 Å². The third-order valence-electron chi connectivity index (χ3n) is 6.46. The third-order valence-corrected chi connectivity index (χ3v) is 6.46. The van der Waals surface area contributed by atoms with Crippen molar-refractivity contribution in [3.05, 3.63) is 76.5 Å². The molecule has 0 spiro atoms. The van der Waals surface area contributed by atoms with Crippen molar-refractivity contribution in [1.29, 1.82) is 0 Å². The second-order valence-electron chi connectivity index (χ2n) is 8.28. The zero-order valence-electron chi connectivity index (χ0n) is 17.5. The molecule has 0 radical (unpaired) electrons. The molecule has 2 aliphatic rings. The highest BCUT2D eigenvalue weighted by Gasteiger charge is 2.25. The van der Waals surface area contributed by atoms with Gasteiger partial charge in [-0.1, -0.05) is 6.57 Å². The zero-order valence-corrected chi connectivity index (χ0v) is 17.5. The Morgan fingerprint density at radius 3 is 2.29 bits per heavy atom. The lowest BCUT2D eigenvalue weighted by Gasteiger charge is -2.22. The molecule has 0 unspecified atom stereocenters. The molecule has 6 rings (SSSR count). The van der Waals surface area contributed by atoms with Crippen LogP contribution in [-0.2, 0) is 25.9 Å². The van der Waals surface area contributed by atoms with Gasteiger partial charge in [0.15, 0.2) is 0 Å². The smallest absolute Gasteiger partial charge is 0.250 e. The molecule has 31 heavy (non-hydrogen) atoms. The van der Waals surface area contributed by atoms with Gasteiger partial charge in [0.2, 0.25) is 11.6 Å². The summed E-state index contributed by atoms with van der Waals surface area (Å²) >= 11 is 0. The van der Waals surface area contributed by atoms with E-state index in [4.69, 9.17) is 11.3 Å². The van der Waals surface area contributed by atoms with Crippen LogP contribution in [0.25, 0.3) is 27.6 Å². The summed E-state index contributed by atoms with van der Waals surface area (Å²) in [6, 6.07) is 8.38. The summed E-state index contributed by atoms with van der Waals surface area (Å²) in [6.07, 6.45) is 7.46. The Morgan fingerprint density at radius 1 is 0.903 bits per heavy atom. The fraction of sp³-hybridized carbons (Fsp3) is 0.240. The number of ether oxygens (including phenoxy) is 1. The number of nitrogens with zero attached hydrogens (tertiary/aromatic N) is 5. The molecule has 2 aromatic carbocycles. The number of aromatic nitrogens is 4. The molecule has 6 nitrogen and oxygen atoms in total. The summed E-state index contributed by atoms with van der Waals surface area (Å²) in [7, 11) is 0. The van der Waals surface area contributed by atoms with Gasteiger partial charge in [0.05, 0.1) is 12.7 Å². The zero-order chi connectivity index (χ0) is 21.1. The van der Waals surface area contributed by atoms with E-state index in [1.54, 1.807) is 6.20 Å². The van der Waals surface area contributed by atoms with E-state index < -0.39 is 0 Å². The second kappa shape index (κ2) is 6.58. The van der Waals surface area contributed by atoms with Crippen LogP contribution in [0.2, 0.25) is 0 Å². The van der Waals surface area contributed by atoms with Crippen molar-refractivity contribution < 1.29 is 4.74 Å². The largest absolute Gasteiger partial charge is 0.457 e. The average Bonchev–Trinajstić information content (AvgIpc) is 3.40. The van der Waals surface area contributed by atoms with Gasteiger partial charge in [-0.25, -0.2) is 9.97 Å². The molecule has 2 aliphatic heterocycles. The molecule has 0 atom stereocenters. The Morgan fingerprint density at radius 2 is 1.58 bits per heavy atom. The maximum atomic E-state index is 7.39. The molecule has 6 heteroatoms. The molecule has 0 aliphatic carbocycles. The summed E-state index contributed by atoms with van der Waals surface area (Å²) in [6.45, 7) is 13.4.